The van der Waals surface area contributed by atoms with Crippen LogP contribution in [0.25, 0.3) is 0 Å². The molecule has 2 N–H and O–H groups in total. The molecule has 0 heterocycles. The minimum Gasteiger partial charge on any atom is -0.396 e. The first-order chi connectivity index (χ1) is 9.24. The molecular weight excluding hydrogens is 238 g/mol. The number of carbonyl (C=O) groups is 1. The van der Waals surface area contributed by atoms with Gasteiger partial charge in [-0.1, -0.05) is 30.3 Å². The van der Waals surface area contributed by atoms with E-state index in [0.717, 1.165) is 32.2 Å². The van der Waals surface area contributed by atoms with Crippen molar-refractivity contribution in [2.24, 2.45) is 11.3 Å². The van der Waals surface area contributed by atoms with Crippen LogP contribution in [0.4, 0.5) is 0 Å². The lowest BCUT2D eigenvalue weighted by molar-refractivity contribution is -0.122. The quantitative estimate of drug-likeness (QED) is 0.821. The van der Waals surface area contributed by atoms with Crippen LogP contribution in [0.1, 0.15) is 37.2 Å². The molecule has 0 aromatic heterocycles. The maximum absolute atomic E-state index is 12.1. The summed E-state index contributed by atoms with van der Waals surface area (Å²) in [4.78, 5) is 12.1. The minimum atomic E-state index is 0.160. The summed E-state index contributed by atoms with van der Waals surface area (Å²) in [5.74, 6) is 0.764. The van der Waals surface area contributed by atoms with Gasteiger partial charge in [-0.3, -0.25) is 4.79 Å². The lowest BCUT2D eigenvalue weighted by Crippen LogP contribution is -2.32. The van der Waals surface area contributed by atoms with Crippen molar-refractivity contribution in [2.75, 3.05) is 13.2 Å². The Morgan fingerprint density at radius 2 is 2.05 bits per heavy atom. The summed E-state index contributed by atoms with van der Waals surface area (Å²) in [6.07, 6.45) is 4.07. The first kappa shape index (κ1) is 12.7. The van der Waals surface area contributed by atoms with Crippen LogP contribution < -0.4 is 5.32 Å². The molecule has 102 valence electrons. The van der Waals surface area contributed by atoms with E-state index in [1.807, 2.05) is 18.2 Å². The van der Waals surface area contributed by atoms with E-state index in [0.29, 0.717) is 5.92 Å². The third-order valence-corrected chi connectivity index (χ3v) is 4.59. The summed E-state index contributed by atoms with van der Waals surface area (Å²) in [5, 5.41) is 12.1. The third kappa shape index (κ3) is 2.81. The number of amides is 1. The molecule has 2 unspecified atom stereocenters. The fourth-order valence-electron chi connectivity index (χ4n) is 2.89. The fourth-order valence-corrected chi connectivity index (χ4v) is 2.89. The molecule has 2 fully saturated rings. The highest BCUT2D eigenvalue weighted by molar-refractivity contribution is 5.82. The highest BCUT2D eigenvalue weighted by Crippen LogP contribution is 2.49. The summed E-state index contributed by atoms with van der Waals surface area (Å²) in [6.45, 7) is 0.969. The second-order valence-corrected chi connectivity index (χ2v) is 6.05. The summed E-state index contributed by atoms with van der Waals surface area (Å²) >= 11 is 0. The average Bonchev–Trinajstić information content (AvgIpc) is 3.33. The number of rotatable bonds is 6. The molecule has 0 radical (unpaired) electrons. The molecule has 1 aromatic carbocycles. The molecule has 1 amide bonds. The van der Waals surface area contributed by atoms with Gasteiger partial charge in [-0.25, -0.2) is 0 Å². The van der Waals surface area contributed by atoms with Gasteiger partial charge in [0.15, 0.2) is 0 Å². The third-order valence-electron chi connectivity index (χ3n) is 4.59. The van der Waals surface area contributed by atoms with Gasteiger partial charge in [0.2, 0.25) is 5.91 Å². The molecule has 2 saturated carbocycles. The summed E-state index contributed by atoms with van der Waals surface area (Å²) < 4.78 is 0. The van der Waals surface area contributed by atoms with Crippen LogP contribution in [-0.4, -0.2) is 24.2 Å². The van der Waals surface area contributed by atoms with Crippen molar-refractivity contribution in [3.63, 3.8) is 0 Å². The van der Waals surface area contributed by atoms with Crippen LogP contribution in [0.5, 0.6) is 0 Å². The van der Waals surface area contributed by atoms with E-state index in [1.54, 1.807) is 0 Å². The standard InChI is InChI=1S/C16H21NO2/c18-9-8-16(6-7-16)11-17-15(19)14-10-13(14)12-4-2-1-3-5-12/h1-5,13-14,18H,6-11H2,(H,17,19). The van der Waals surface area contributed by atoms with E-state index in [9.17, 15) is 4.79 Å². The summed E-state index contributed by atoms with van der Waals surface area (Å²) in [7, 11) is 0. The number of aliphatic hydroxyl groups is 1. The van der Waals surface area contributed by atoms with Crippen LogP contribution >= 0.6 is 0 Å². The molecular formula is C16H21NO2. The van der Waals surface area contributed by atoms with Crippen LogP contribution in [0.3, 0.4) is 0 Å². The Kier molecular flexibility index (Phi) is 3.31. The van der Waals surface area contributed by atoms with Crippen LogP contribution in [0, 0.1) is 11.3 Å². The molecule has 0 spiro atoms. The molecule has 0 saturated heterocycles. The maximum atomic E-state index is 12.1. The zero-order valence-corrected chi connectivity index (χ0v) is 11.1. The molecule has 0 bridgehead atoms. The van der Waals surface area contributed by atoms with Gasteiger partial charge in [0.25, 0.3) is 0 Å². The molecule has 2 aliphatic rings. The SMILES string of the molecule is O=C(NCC1(CCO)CC1)C1CC1c1ccccc1. The number of aliphatic hydroxyl groups excluding tert-OH is 1. The molecule has 19 heavy (non-hydrogen) atoms. The summed E-state index contributed by atoms with van der Waals surface area (Å²) in [5.41, 5.74) is 1.49. The fraction of sp³-hybridized carbons (Fsp3) is 0.562. The van der Waals surface area contributed by atoms with Gasteiger partial charge in [0.1, 0.15) is 0 Å². The molecule has 3 heteroatoms. The Morgan fingerprint density at radius 3 is 2.68 bits per heavy atom. The molecule has 1 aromatic rings. The van der Waals surface area contributed by atoms with E-state index < -0.39 is 0 Å². The molecule has 3 nitrogen and oxygen atoms in total. The number of carbonyl (C=O) groups excluding carboxylic acids is 1. The van der Waals surface area contributed by atoms with Crippen molar-refractivity contribution in [1.82, 2.24) is 5.32 Å². The smallest absolute Gasteiger partial charge is 0.223 e. The molecule has 3 rings (SSSR count). The highest BCUT2D eigenvalue weighted by atomic mass is 16.3. The van der Waals surface area contributed by atoms with Gasteiger partial charge in [-0.2, -0.15) is 0 Å². The molecule has 2 aliphatic carbocycles. The lowest BCUT2D eigenvalue weighted by Gasteiger charge is -2.14. The Hall–Kier alpha value is -1.35. The van der Waals surface area contributed by atoms with Crippen molar-refractivity contribution in [2.45, 2.75) is 31.6 Å². The van der Waals surface area contributed by atoms with Crippen molar-refractivity contribution in [3.05, 3.63) is 35.9 Å². The van der Waals surface area contributed by atoms with Gasteiger partial charge in [0, 0.05) is 19.1 Å². The predicted octanol–water partition coefficient (Wildman–Crippen LogP) is 2.07. The first-order valence-electron chi connectivity index (χ1n) is 7.18. The predicted molar refractivity (Wildman–Crippen MR) is 73.7 cm³/mol. The average molecular weight is 259 g/mol. The zero-order valence-electron chi connectivity index (χ0n) is 11.1. The number of benzene rings is 1. The Balaban J connectivity index is 1.48. The molecule has 2 atom stereocenters. The van der Waals surface area contributed by atoms with E-state index in [-0.39, 0.29) is 23.8 Å². The van der Waals surface area contributed by atoms with Gasteiger partial charge in [-0.05, 0) is 42.6 Å². The maximum Gasteiger partial charge on any atom is 0.223 e. The van der Waals surface area contributed by atoms with E-state index in [1.165, 1.54) is 5.56 Å². The second kappa shape index (κ2) is 4.97. The van der Waals surface area contributed by atoms with Crippen molar-refractivity contribution < 1.29 is 9.90 Å². The highest BCUT2D eigenvalue weighted by Gasteiger charge is 2.46. The lowest BCUT2D eigenvalue weighted by atomic mass is 10.0. The monoisotopic (exact) mass is 259 g/mol. The molecule has 0 aliphatic heterocycles. The Labute approximate surface area is 114 Å². The van der Waals surface area contributed by atoms with Crippen LogP contribution in [-0.2, 0) is 4.79 Å². The minimum absolute atomic E-state index is 0.160. The topological polar surface area (TPSA) is 49.3 Å². The normalized spacial score (nSPS) is 26.8. The van der Waals surface area contributed by atoms with Gasteiger partial charge in [0.05, 0.1) is 0 Å². The largest absolute Gasteiger partial charge is 0.396 e. The summed E-state index contributed by atoms with van der Waals surface area (Å²) in [6, 6.07) is 10.3. The van der Waals surface area contributed by atoms with Crippen LogP contribution in [0.15, 0.2) is 30.3 Å². The van der Waals surface area contributed by atoms with E-state index in [2.05, 4.69) is 17.4 Å². The van der Waals surface area contributed by atoms with Gasteiger partial charge < -0.3 is 10.4 Å². The van der Waals surface area contributed by atoms with E-state index >= 15 is 0 Å². The first-order valence-corrected chi connectivity index (χ1v) is 7.18. The van der Waals surface area contributed by atoms with Gasteiger partial charge in [-0.15, -0.1) is 0 Å². The van der Waals surface area contributed by atoms with Crippen molar-refractivity contribution in [3.8, 4) is 0 Å². The second-order valence-electron chi connectivity index (χ2n) is 6.05. The number of hydrogen-bond donors (Lipinski definition) is 2. The van der Waals surface area contributed by atoms with Crippen molar-refractivity contribution in [1.29, 1.82) is 0 Å². The van der Waals surface area contributed by atoms with E-state index in [4.69, 9.17) is 5.11 Å². The Morgan fingerprint density at radius 1 is 1.32 bits per heavy atom. The number of hydrogen-bond acceptors (Lipinski definition) is 2. The van der Waals surface area contributed by atoms with Gasteiger partial charge >= 0.3 is 0 Å². The van der Waals surface area contributed by atoms with Crippen molar-refractivity contribution >= 4 is 5.91 Å². The van der Waals surface area contributed by atoms with Crippen LogP contribution in [0.2, 0.25) is 0 Å². The zero-order chi connectivity index (χ0) is 13.3. The Bertz CT molecular complexity index is 453. The number of nitrogens with one attached hydrogen (secondary N) is 1.